The number of amides is 1. The van der Waals surface area contributed by atoms with Gasteiger partial charge in [-0.15, -0.1) is 0 Å². The molecule has 2 rings (SSSR count). The molecule has 0 aromatic heterocycles. The van der Waals surface area contributed by atoms with E-state index in [4.69, 9.17) is 0 Å². The summed E-state index contributed by atoms with van der Waals surface area (Å²) < 4.78 is 0. The zero-order valence-corrected chi connectivity index (χ0v) is 9.18. The van der Waals surface area contributed by atoms with Gasteiger partial charge < -0.3 is 10.2 Å². The molecule has 2 unspecified atom stereocenters. The molecule has 0 aromatic carbocycles. The van der Waals surface area contributed by atoms with Crippen LogP contribution in [0.2, 0.25) is 0 Å². The van der Waals surface area contributed by atoms with Crippen LogP contribution in [0, 0.1) is 11.3 Å². The molecular weight excluding hydrogens is 176 g/mol. The normalized spacial score (nSPS) is 35.7. The Labute approximate surface area is 85.8 Å². The second-order valence-electron chi connectivity index (χ2n) is 5.20. The minimum absolute atomic E-state index is 0.286. The highest BCUT2D eigenvalue weighted by molar-refractivity contribution is 5.76. The fourth-order valence-corrected chi connectivity index (χ4v) is 2.91. The first kappa shape index (κ1) is 9.97. The van der Waals surface area contributed by atoms with Crippen LogP contribution < -0.4 is 5.32 Å². The van der Waals surface area contributed by atoms with Gasteiger partial charge in [-0.3, -0.25) is 4.79 Å². The first-order chi connectivity index (χ1) is 6.61. The minimum Gasteiger partial charge on any atom is -0.349 e. The van der Waals surface area contributed by atoms with Gasteiger partial charge in [0.25, 0.3) is 0 Å². The molecule has 2 aliphatic rings. The fraction of sp³-hybridized carbons (Fsp3) is 0.909. The van der Waals surface area contributed by atoms with Gasteiger partial charge in [-0.1, -0.05) is 0 Å². The summed E-state index contributed by atoms with van der Waals surface area (Å²) in [6.45, 7) is 2.21. The molecule has 0 spiro atoms. The monoisotopic (exact) mass is 196 g/mol. The lowest BCUT2D eigenvalue weighted by Gasteiger charge is -2.34. The van der Waals surface area contributed by atoms with Gasteiger partial charge in [0.05, 0.1) is 0 Å². The number of piperidine rings is 1. The van der Waals surface area contributed by atoms with Crippen LogP contribution in [0.25, 0.3) is 0 Å². The number of carbonyl (C=O) groups excluding carboxylic acids is 1. The van der Waals surface area contributed by atoms with E-state index in [2.05, 4.69) is 5.32 Å². The molecule has 2 bridgehead atoms. The van der Waals surface area contributed by atoms with Gasteiger partial charge in [0, 0.05) is 27.1 Å². The lowest BCUT2D eigenvalue weighted by molar-refractivity contribution is -0.131. The third kappa shape index (κ3) is 1.78. The van der Waals surface area contributed by atoms with Crippen LogP contribution in [-0.4, -0.2) is 38.0 Å². The molecule has 0 aromatic rings. The van der Waals surface area contributed by atoms with Gasteiger partial charge in [-0.25, -0.2) is 0 Å². The molecule has 1 aliphatic carbocycles. The Balaban J connectivity index is 1.99. The van der Waals surface area contributed by atoms with Crippen molar-refractivity contribution in [1.29, 1.82) is 0 Å². The van der Waals surface area contributed by atoms with Crippen molar-refractivity contribution in [1.82, 2.24) is 10.2 Å². The van der Waals surface area contributed by atoms with Crippen LogP contribution in [-0.2, 0) is 4.79 Å². The predicted molar refractivity (Wildman–Crippen MR) is 56.0 cm³/mol. The molecular formula is C11H20N2O. The van der Waals surface area contributed by atoms with Gasteiger partial charge in [0.2, 0.25) is 5.91 Å². The van der Waals surface area contributed by atoms with Crippen LogP contribution in [0.3, 0.4) is 0 Å². The van der Waals surface area contributed by atoms with Crippen molar-refractivity contribution in [3.8, 4) is 0 Å². The van der Waals surface area contributed by atoms with Crippen molar-refractivity contribution in [2.45, 2.75) is 25.7 Å². The first-order valence-electron chi connectivity index (χ1n) is 5.52. The third-order valence-electron chi connectivity index (χ3n) is 3.76. The maximum absolute atomic E-state index is 11.7. The average molecular weight is 196 g/mol. The molecule has 14 heavy (non-hydrogen) atoms. The zero-order chi connectivity index (χ0) is 10.2. The molecule has 3 heteroatoms. The Bertz CT molecular complexity index is 235. The second-order valence-corrected chi connectivity index (χ2v) is 5.20. The van der Waals surface area contributed by atoms with E-state index in [1.807, 2.05) is 14.1 Å². The minimum atomic E-state index is 0.286. The number of hydrogen-bond donors (Lipinski definition) is 1. The molecule has 80 valence electrons. The Morgan fingerprint density at radius 1 is 1.57 bits per heavy atom. The standard InChI is InChI=1S/C11H20N2O/c1-13(2)10(14)6-11-4-3-9(5-11)7-12-8-11/h9,12H,3-8H2,1-2H3. The average Bonchev–Trinajstić information content (AvgIpc) is 2.42. The van der Waals surface area contributed by atoms with E-state index in [1.54, 1.807) is 4.90 Å². The van der Waals surface area contributed by atoms with E-state index >= 15 is 0 Å². The molecule has 1 amide bonds. The van der Waals surface area contributed by atoms with Crippen molar-refractivity contribution in [3.05, 3.63) is 0 Å². The number of rotatable bonds is 2. The Morgan fingerprint density at radius 3 is 3.07 bits per heavy atom. The van der Waals surface area contributed by atoms with Gasteiger partial charge in [-0.2, -0.15) is 0 Å². The maximum atomic E-state index is 11.7. The van der Waals surface area contributed by atoms with E-state index in [1.165, 1.54) is 19.3 Å². The summed E-state index contributed by atoms with van der Waals surface area (Å²) in [5.74, 6) is 1.12. The smallest absolute Gasteiger partial charge is 0.222 e. The topological polar surface area (TPSA) is 32.3 Å². The van der Waals surface area contributed by atoms with Crippen molar-refractivity contribution in [3.63, 3.8) is 0 Å². The SMILES string of the molecule is CN(C)C(=O)CC12CCC(CNC1)C2. The molecule has 0 radical (unpaired) electrons. The highest BCUT2D eigenvalue weighted by atomic mass is 16.2. The summed E-state index contributed by atoms with van der Waals surface area (Å²) in [4.78, 5) is 13.4. The van der Waals surface area contributed by atoms with Gasteiger partial charge in [-0.05, 0) is 37.1 Å². The van der Waals surface area contributed by atoms with Crippen LogP contribution in [0.5, 0.6) is 0 Å². The molecule has 1 N–H and O–H groups in total. The van der Waals surface area contributed by atoms with Crippen molar-refractivity contribution < 1.29 is 4.79 Å². The lowest BCUT2D eigenvalue weighted by atomic mass is 9.79. The van der Waals surface area contributed by atoms with E-state index in [0.29, 0.717) is 5.41 Å². The third-order valence-corrected chi connectivity index (χ3v) is 3.76. The zero-order valence-electron chi connectivity index (χ0n) is 9.18. The molecule has 3 nitrogen and oxygen atoms in total. The Hall–Kier alpha value is -0.570. The number of nitrogens with one attached hydrogen (secondary N) is 1. The summed E-state index contributed by atoms with van der Waals surface area (Å²) in [5, 5.41) is 3.46. The summed E-state index contributed by atoms with van der Waals surface area (Å²) in [7, 11) is 3.70. The summed E-state index contributed by atoms with van der Waals surface area (Å²) in [5.41, 5.74) is 0.296. The van der Waals surface area contributed by atoms with Gasteiger partial charge in [0.15, 0.2) is 0 Å². The lowest BCUT2D eigenvalue weighted by Crippen LogP contribution is -2.42. The van der Waals surface area contributed by atoms with E-state index in [0.717, 1.165) is 25.4 Å². The van der Waals surface area contributed by atoms with Crippen molar-refractivity contribution in [2.24, 2.45) is 11.3 Å². The molecule has 2 fully saturated rings. The number of carbonyl (C=O) groups is 1. The second kappa shape index (κ2) is 3.54. The molecule has 1 heterocycles. The van der Waals surface area contributed by atoms with Gasteiger partial charge in [0.1, 0.15) is 0 Å². The highest BCUT2D eigenvalue weighted by Gasteiger charge is 2.43. The fourth-order valence-electron chi connectivity index (χ4n) is 2.91. The summed E-state index contributed by atoms with van der Waals surface area (Å²) >= 11 is 0. The summed E-state index contributed by atoms with van der Waals surface area (Å²) in [6, 6.07) is 0. The number of nitrogens with zero attached hydrogens (tertiary/aromatic N) is 1. The van der Waals surface area contributed by atoms with E-state index < -0.39 is 0 Å². The van der Waals surface area contributed by atoms with Crippen LogP contribution in [0.1, 0.15) is 25.7 Å². The largest absolute Gasteiger partial charge is 0.349 e. The summed E-state index contributed by atoms with van der Waals surface area (Å²) in [6.07, 6.45) is 4.56. The van der Waals surface area contributed by atoms with Crippen molar-refractivity contribution >= 4 is 5.91 Å². The molecule has 1 saturated carbocycles. The van der Waals surface area contributed by atoms with Crippen molar-refractivity contribution in [2.75, 3.05) is 27.2 Å². The molecule has 1 saturated heterocycles. The Kier molecular flexibility index (Phi) is 2.52. The van der Waals surface area contributed by atoms with E-state index in [-0.39, 0.29) is 5.91 Å². The number of hydrogen-bond acceptors (Lipinski definition) is 2. The van der Waals surface area contributed by atoms with Gasteiger partial charge >= 0.3 is 0 Å². The number of fused-ring (bicyclic) bond motifs is 2. The highest BCUT2D eigenvalue weighted by Crippen LogP contribution is 2.46. The van der Waals surface area contributed by atoms with Crippen LogP contribution in [0.15, 0.2) is 0 Å². The quantitative estimate of drug-likeness (QED) is 0.710. The predicted octanol–water partition coefficient (Wildman–Crippen LogP) is 0.854. The first-order valence-corrected chi connectivity index (χ1v) is 5.52. The Morgan fingerprint density at radius 2 is 2.36 bits per heavy atom. The van der Waals surface area contributed by atoms with Crippen LogP contribution >= 0.6 is 0 Å². The molecule has 2 atom stereocenters. The molecule has 1 aliphatic heterocycles. The van der Waals surface area contributed by atoms with E-state index in [9.17, 15) is 4.79 Å². The maximum Gasteiger partial charge on any atom is 0.222 e. The van der Waals surface area contributed by atoms with Crippen LogP contribution in [0.4, 0.5) is 0 Å².